The van der Waals surface area contributed by atoms with Gasteiger partial charge < -0.3 is 34.6 Å². The third-order valence-corrected chi connectivity index (χ3v) is 6.86. The van der Waals surface area contributed by atoms with E-state index in [1.54, 1.807) is 0 Å². The predicted octanol–water partition coefficient (Wildman–Crippen LogP) is 1.30. The summed E-state index contributed by atoms with van der Waals surface area (Å²) in [7, 11) is 1.30. The summed E-state index contributed by atoms with van der Waals surface area (Å²) in [5.74, 6) is -4.96. The number of phenols is 2. The zero-order chi connectivity index (χ0) is 23.9. The zero-order valence-corrected chi connectivity index (χ0v) is 17.7. The van der Waals surface area contributed by atoms with Gasteiger partial charge in [0.1, 0.15) is 23.4 Å². The molecule has 5 rings (SSSR count). The fourth-order valence-electron chi connectivity index (χ4n) is 5.07. The molecule has 33 heavy (non-hydrogen) atoms. The summed E-state index contributed by atoms with van der Waals surface area (Å²) in [6.45, 7) is 1.44. The molecule has 3 atom stereocenters. The van der Waals surface area contributed by atoms with Crippen molar-refractivity contribution in [3.05, 3.63) is 51.6 Å². The summed E-state index contributed by atoms with van der Waals surface area (Å²) >= 11 is 0. The Morgan fingerprint density at radius 1 is 1.06 bits per heavy atom. The lowest BCUT2D eigenvalue weighted by Gasteiger charge is -2.47. The summed E-state index contributed by atoms with van der Waals surface area (Å²) in [5.41, 5.74) is -4.45. The maximum atomic E-state index is 15.5. The van der Waals surface area contributed by atoms with Crippen LogP contribution in [0.2, 0.25) is 0 Å². The molecule has 2 aliphatic carbocycles. The van der Waals surface area contributed by atoms with Crippen LogP contribution in [-0.2, 0) is 15.9 Å². The Bertz CT molecular complexity index is 1220. The van der Waals surface area contributed by atoms with Gasteiger partial charge in [0, 0.05) is 23.1 Å². The second kappa shape index (κ2) is 6.97. The summed E-state index contributed by atoms with van der Waals surface area (Å²) in [4.78, 5) is 26.6. The Morgan fingerprint density at radius 2 is 1.70 bits per heavy atom. The highest BCUT2D eigenvalue weighted by Crippen LogP contribution is 2.54. The third kappa shape index (κ3) is 2.60. The Morgan fingerprint density at radius 3 is 2.33 bits per heavy atom. The van der Waals surface area contributed by atoms with Crippen LogP contribution in [0.5, 0.6) is 17.2 Å². The van der Waals surface area contributed by atoms with E-state index in [0.717, 1.165) is 0 Å². The maximum Gasteiger partial charge on any atom is 0.202 e. The molecule has 1 fully saturated rings. The number of hydrogen-bond acceptors (Lipinski definition) is 9. The zero-order valence-electron chi connectivity index (χ0n) is 17.7. The molecular formula is C23H21FO9. The summed E-state index contributed by atoms with van der Waals surface area (Å²) < 4.78 is 31.4. The molecule has 0 amide bonds. The van der Waals surface area contributed by atoms with Crippen LogP contribution in [0, 0.1) is 0 Å². The van der Waals surface area contributed by atoms with Crippen molar-refractivity contribution in [2.45, 2.75) is 37.0 Å². The minimum Gasteiger partial charge on any atom is -0.507 e. The largest absolute Gasteiger partial charge is 0.507 e. The third-order valence-electron chi connectivity index (χ3n) is 6.86. The number of aliphatic hydroxyl groups excluding tert-OH is 1. The first-order valence-corrected chi connectivity index (χ1v) is 10.3. The van der Waals surface area contributed by atoms with Gasteiger partial charge in [-0.05, 0) is 13.0 Å². The van der Waals surface area contributed by atoms with Gasteiger partial charge in [-0.1, -0.05) is 12.1 Å². The molecule has 0 bridgehead atoms. The van der Waals surface area contributed by atoms with E-state index in [0.29, 0.717) is 0 Å². The molecule has 1 heterocycles. The Hall–Kier alpha value is -3.05. The first-order chi connectivity index (χ1) is 15.6. The normalized spacial score (nSPS) is 27.7. The van der Waals surface area contributed by atoms with Crippen LogP contribution in [0.1, 0.15) is 56.0 Å². The van der Waals surface area contributed by atoms with E-state index in [4.69, 9.17) is 14.2 Å². The number of ketones is 2. The van der Waals surface area contributed by atoms with E-state index in [1.165, 1.54) is 32.2 Å². The predicted molar refractivity (Wildman–Crippen MR) is 108 cm³/mol. The van der Waals surface area contributed by atoms with E-state index in [2.05, 4.69) is 0 Å². The Labute approximate surface area is 186 Å². The van der Waals surface area contributed by atoms with E-state index < -0.39 is 69.8 Å². The molecule has 0 spiro atoms. The standard InChI is InChI=1S/C23H21FO9/c1-22(32-6-7-33-22)23(30)8-10-13(20(29)21(23)24)19(28)15-14(17(10)26)16(25)9-4-3-5-11(31-2)12(9)18(15)27/h3-5,20-21,26,28-30H,6-8H2,1-2H3. The lowest BCUT2D eigenvalue weighted by atomic mass is 9.69. The van der Waals surface area contributed by atoms with Crippen LogP contribution in [0.3, 0.4) is 0 Å². The number of carbonyl (C=O) groups is 2. The van der Waals surface area contributed by atoms with Crippen LogP contribution in [0.25, 0.3) is 0 Å². The van der Waals surface area contributed by atoms with Gasteiger partial charge in [0.25, 0.3) is 0 Å². The molecule has 3 aliphatic rings. The van der Waals surface area contributed by atoms with E-state index in [1.807, 2.05) is 0 Å². The highest BCUT2D eigenvalue weighted by atomic mass is 19.1. The second-order valence-corrected chi connectivity index (χ2v) is 8.47. The number of hydrogen-bond donors (Lipinski definition) is 4. The first-order valence-electron chi connectivity index (χ1n) is 10.3. The fourth-order valence-corrected chi connectivity index (χ4v) is 5.07. The molecule has 9 nitrogen and oxygen atoms in total. The lowest BCUT2D eigenvalue weighted by molar-refractivity contribution is -0.290. The molecule has 174 valence electrons. The van der Waals surface area contributed by atoms with Crippen molar-refractivity contribution >= 4 is 11.6 Å². The highest BCUT2D eigenvalue weighted by molar-refractivity contribution is 6.31. The molecule has 1 aliphatic heterocycles. The molecule has 0 radical (unpaired) electrons. The highest BCUT2D eigenvalue weighted by Gasteiger charge is 2.62. The molecule has 3 unspecified atom stereocenters. The average molecular weight is 460 g/mol. The van der Waals surface area contributed by atoms with Crippen molar-refractivity contribution in [3.63, 3.8) is 0 Å². The summed E-state index contributed by atoms with van der Waals surface area (Å²) in [5, 5.41) is 44.0. The van der Waals surface area contributed by atoms with Crippen molar-refractivity contribution in [1.82, 2.24) is 0 Å². The SMILES string of the molecule is COc1cccc2c1C(=O)c1c(O)c3c(c(O)c1C2=O)CC(O)(C1(C)OCCO1)C(F)C3O. The van der Waals surface area contributed by atoms with Crippen molar-refractivity contribution in [2.24, 2.45) is 0 Å². The van der Waals surface area contributed by atoms with Gasteiger partial charge in [-0.25, -0.2) is 4.39 Å². The van der Waals surface area contributed by atoms with Gasteiger partial charge in [-0.3, -0.25) is 9.59 Å². The number of aromatic hydroxyl groups is 2. The molecule has 0 aromatic heterocycles. The number of carbonyl (C=O) groups excluding carboxylic acids is 2. The molecule has 2 aromatic carbocycles. The number of alkyl halides is 1. The minimum atomic E-state index is -2.46. The van der Waals surface area contributed by atoms with E-state index in [-0.39, 0.29) is 35.7 Å². The van der Waals surface area contributed by atoms with Crippen LogP contribution < -0.4 is 4.74 Å². The van der Waals surface area contributed by atoms with E-state index >= 15 is 4.39 Å². The van der Waals surface area contributed by atoms with Gasteiger partial charge >= 0.3 is 0 Å². The quantitative estimate of drug-likeness (QED) is 0.416. The maximum absolute atomic E-state index is 15.5. The molecule has 2 aromatic rings. The Balaban J connectivity index is 1.76. The second-order valence-electron chi connectivity index (χ2n) is 8.47. The Kier molecular flexibility index (Phi) is 4.60. The number of rotatable bonds is 2. The van der Waals surface area contributed by atoms with E-state index in [9.17, 15) is 30.0 Å². The molecule has 0 saturated carbocycles. The van der Waals surface area contributed by atoms with Crippen LogP contribution >= 0.6 is 0 Å². The minimum absolute atomic E-state index is 0.0501. The van der Waals surface area contributed by atoms with Crippen molar-refractivity contribution in [2.75, 3.05) is 20.3 Å². The fraction of sp³-hybridized carbons (Fsp3) is 0.391. The van der Waals surface area contributed by atoms with Gasteiger partial charge in [0.2, 0.25) is 5.78 Å². The monoisotopic (exact) mass is 460 g/mol. The molecule has 1 saturated heterocycles. The van der Waals surface area contributed by atoms with Gasteiger partial charge in [0.15, 0.2) is 23.3 Å². The number of halogens is 1. The number of methoxy groups -OCH3 is 1. The average Bonchev–Trinajstić information content (AvgIpc) is 3.25. The first kappa shape index (κ1) is 21.8. The van der Waals surface area contributed by atoms with Crippen molar-refractivity contribution in [1.29, 1.82) is 0 Å². The number of benzene rings is 2. The van der Waals surface area contributed by atoms with Crippen LogP contribution in [-0.4, -0.2) is 69.9 Å². The summed E-state index contributed by atoms with van der Waals surface area (Å²) in [6, 6.07) is 4.33. The number of phenolic OH excluding ortho intramolecular Hbond substituents is 2. The molecular weight excluding hydrogens is 439 g/mol. The molecule has 4 N–H and O–H groups in total. The summed E-state index contributed by atoms with van der Waals surface area (Å²) in [6.07, 6.45) is -5.22. The van der Waals surface area contributed by atoms with Gasteiger partial charge in [0.05, 0.1) is 37.0 Å². The topological polar surface area (TPSA) is 143 Å². The van der Waals surface area contributed by atoms with Crippen molar-refractivity contribution < 1.29 is 48.6 Å². The van der Waals surface area contributed by atoms with Crippen LogP contribution in [0.15, 0.2) is 18.2 Å². The molecule has 10 heteroatoms. The number of ether oxygens (including phenoxy) is 3. The number of aliphatic hydroxyl groups is 2. The van der Waals surface area contributed by atoms with Gasteiger partial charge in [-0.15, -0.1) is 0 Å². The van der Waals surface area contributed by atoms with Crippen LogP contribution in [0.4, 0.5) is 4.39 Å². The smallest absolute Gasteiger partial charge is 0.202 e. The lowest BCUT2D eigenvalue weighted by Crippen LogP contribution is -2.63. The number of fused-ring (bicyclic) bond motifs is 3. The van der Waals surface area contributed by atoms with Gasteiger partial charge in [-0.2, -0.15) is 0 Å². The van der Waals surface area contributed by atoms with Crippen molar-refractivity contribution in [3.8, 4) is 17.2 Å².